The first-order chi connectivity index (χ1) is 15.5. The molecule has 6 heteroatoms. The summed E-state index contributed by atoms with van der Waals surface area (Å²) in [6.07, 6.45) is 2.73. The molecular weight excluding hydrogens is 464 g/mol. The van der Waals surface area contributed by atoms with Crippen molar-refractivity contribution in [1.29, 1.82) is 0 Å². The van der Waals surface area contributed by atoms with Crippen LogP contribution in [0.2, 0.25) is 0 Å². The number of hydrogen-bond donors (Lipinski definition) is 1. The first-order valence-corrected chi connectivity index (χ1v) is 11.5. The number of hydrazone groups is 1. The van der Waals surface area contributed by atoms with E-state index in [0.29, 0.717) is 5.56 Å². The number of rotatable bonds is 6. The molecule has 0 aliphatic carbocycles. The lowest BCUT2D eigenvalue weighted by atomic mass is 9.99. The molecule has 0 aromatic heterocycles. The lowest BCUT2D eigenvalue weighted by Crippen LogP contribution is -2.30. The molecule has 5 nitrogen and oxygen atoms in total. The number of carbonyl (C=O) groups is 1. The van der Waals surface area contributed by atoms with Gasteiger partial charge in [0, 0.05) is 43.8 Å². The topological polar surface area (TPSA) is 47.9 Å². The van der Waals surface area contributed by atoms with Crippen LogP contribution < -0.4 is 10.3 Å². The van der Waals surface area contributed by atoms with Crippen molar-refractivity contribution >= 4 is 33.7 Å². The molecule has 3 aromatic rings. The summed E-state index contributed by atoms with van der Waals surface area (Å²) < 4.78 is 0.977. The van der Waals surface area contributed by atoms with E-state index in [4.69, 9.17) is 0 Å². The second kappa shape index (κ2) is 10.1. The number of amides is 1. The second-order valence-electron chi connectivity index (χ2n) is 8.23. The fourth-order valence-corrected chi connectivity index (χ4v) is 4.66. The molecule has 1 aliphatic rings. The number of nitrogens with one attached hydrogen (secondary N) is 1. The fourth-order valence-electron chi connectivity index (χ4n) is 3.90. The van der Waals surface area contributed by atoms with E-state index in [1.807, 2.05) is 61.5 Å². The maximum atomic E-state index is 12.4. The van der Waals surface area contributed by atoms with Crippen LogP contribution in [0.5, 0.6) is 0 Å². The van der Waals surface area contributed by atoms with Gasteiger partial charge in [-0.15, -0.1) is 0 Å². The van der Waals surface area contributed by atoms with Gasteiger partial charge in [0.15, 0.2) is 0 Å². The van der Waals surface area contributed by atoms with Crippen molar-refractivity contribution in [3.63, 3.8) is 0 Å². The van der Waals surface area contributed by atoms with Crippen LogP contribution in [0.25, 0.3) is 0 Å². The molecule has 0 atom stereocenters. The Bertz CT molecular complexity index is 1120. The Hall–Kier alpha value is -2.96. The minimum absolute atomic E-state index is 0.219. The summed E-state index contributed by atoms with van der Waals surface area (Å²) in [5.74, 6) is -0.219. The summed E-state index contributed by atoms with van der Waals surface area (Å²) in [6, 6.07) is 22.4. The molecule has 0 saturated heterocycles. The minimum Gasteiger partial charge on any atom is -0.377 e. The van der Waals surface area contributed by atoms with Gasteiger partial charge in [0.2, 0.25) is 0 Å². The minimum atomic E-state index is -0.219. The summed E-state index contributed by atoms with van der Waals surface area (Å²) in [4.78, 5) is 16.9. The zero-order valence-electron chi connectivity index (χ0n) is 18.4. The van der Waals surface area contributed by atoms with Gasteiger partial charge in [0.1, 0.15) is 0 Å². The lowest BCUT2D eigenvalue weighted by Gasteiger charge is -2.28. The first kappa shape index (κ1) is 22.2. The van der Waals surface area contributed by atoms with Crippen LogP contribution in [0.15, 0.2) is 76.3 Å². The predicted molar refractivity (Wildman–Crippen MR) is 134 cm³/mol. The van der Waals surface area contributed by atoms with Crippen LogP contribution in [-0.4, -0.2) is 37.7 Å². The highest BCUT2D eigenvalue weighted by molar-refractivity contribution is 9.10. The summed E-state index contributed by atoms with van der Waals surface area (Å²) in [5.41, 5.74) is 9.27. The summed E-state index contributed by atoms with van der Waals surface area (Å²) in [6.45, 7) is 2.91. The van der Waals surface area contributed by atoms with Gasteiger partial charge < -0.3 is 4.90 Å². The highest BCUT2D eigenvalue weighted by atomic mass is 79.9. The Morgan fingerprint density at radius 2 is 1.84 bits per heavy atom. The molecule has 32 heavy (non-hydrogen) atoms. The van der Waals surface area contributed by atoms with Crippen molar-refractivity contribution in [3.8, 4) is 0 Å². The third kappa shape index (κ3) is 5.44. The molecule has 4 rings (SSSR count). The molecule has 1 heterocycles. The van der Waals surface area contributed by atoms with Gasteiger partial charge in [-0.1, -0.05) is 42.5 Å². The zero-order chi connectivity index (χ0) is 22.5. The van der Waals surface area contributed by atoms with Crippen molar-refractivity contribution in [3.05, 3.63) is 99.0 Å². The number of carbonyl (C=O) groups excluding carboxylic acids is 1. The van der Waals surface area contributed by atoms with Crippen LogP contribution in [0.1, 0.15) is 32.6 Å². The van der Waals surface area contributed by atoms with Crippen LogP contribution in [0.3, 0.4) is 0 Å². The third-order valence-corrected chi connectivity index (χ3v) is 6.30. The summed E-state index contributed by atoms with van der Waals surface area (Å²) in [7, 11) is 3.98. The van der Waals surface area contributed by atoms with Crippen molar-refractivity contribution in [2.45, 2.75) is 19.5 Å². The van der Waals surface area contributed by atoms with Gasteiger partial charge in [0.25, 0.3) is 5.91 Å². The van der Waals surface area contributed by atoms with Gasteiger partial charge in [-0.05, 0) is 68.9 Å². The largest absolute Gasteiger partial charge is 0.377 e. The Labute approximate surface area is 197 Å². The van der Waals surface area contributed by atoms with Crippen molar-refractivity contribution in [2.24, 2.45) is 5.10 Å². The Kier molecular flexibility index (Phi) is 7.02. The van der Waals surface area contributed by atoms with Crippen LogP contribution in [0, 0.1) is 0 Å². The van der Waals surface area contributed by atoms with E-state index in [1.54, 1.807) is 6.21 Å². The van der Waals surface area contributed by atoms with Gasteiger partial charge >= 0.3 is 0 Å². The number of nitrogens with zero attached hydrogens (tertiary/aromatic N) is 3. The van der Waals surface area contributed by atoms with Crippen LogP contribution in [-0.2, 0) is 19.5 Å². The first-order valence-electron chi connectivity index (χ1n) is 10.7. The van der Waals surface area contributed by atoms with Gasteiger partial charge in [-0.3, -0.25) is 9.69 Å². The molecular formula is C26H27BrN4O. The molecule has 3 aromatic carbocycles. The van der Waals surface area contributed by atoms with E-state index in [2.05, 4.69) is 55.6 Å². The van der Waals surface area contributed by atoms with E-state index in [1.165, 1.54) is 16.7 Å². The number of fused-ring (bicyclic) bond motifs is 1. The number of halogens is 1. The van der Waals surface area contributed by atoms with E-state index < -0.39 is 0 Å². The number of hydrogen-bond acceptors (Lipinski definition) is 4. The second-order valence-corrected chi connectivity index (χ2v) is 9.09. The molecule has 0 spiro atoms. The van der Waals surface area contributed by atoms with Crippen LogP contribution in [0.4, 0.5) is 5.69 Å². The molecule has 164 valence electrons. The van der Waals surface area contributed by atoms with Crippen molar-refractivity contribution in [1.82, 2.24) is 10.3 Å². The highest BCUT2D eigenvalue weighted by Crippen LogP contribution is 2.25. The van der Waals surface area contributed by atoms with E-state index in [0.717, 1.165) is 41.8 Å². The molecule has 1 N–H and O–H groups in total. The average molecular weight is 491 g/mol. The van der Waals surface area contributed by atoms with Crippen molar-refractivity contribution < 1.29 is 4.79 Å². The van der Waals surface area contributed by atoms with E-state index >= 15 is 0 Å². The van der Waals surface area contributed by atoms with E-state index in [-0.39, 0.29) is 5.91 Å². The smallest absolute Gasteiger partial charge is 0.271 e. The molecule has 0 fully saturated rings. The standard InChI is InChI=1S/C26H27BrN4O/c1-30(2)25-12-9-20(15-24(25)27)16-28-29-26(32)22-10-7-19(8-11-22)17-31-14-13-21-5-3-4-6-23(21)18-31/h3-12,15-16H,13-14,17-18H2,1-2H3,(H,29,32)/b28-16-. The number of anilines is 1. The molecule has 0 saturated carbocycles. The molecule has 1 amide bonds. The Balaban J connectivity index is 1.31. The van der Waals surface area contributed by atoms with Gasteiger partial charge in [-0.25, -0.2) is 5.43 Å². The predicted octanol–water partition coefficient (Wildman–Crippen LogP) is 4.84. The summed E-state index contributed by atoms with van der Waals surface area (Å²) >= 11 is 3.56. The maximum Gasteiger partial charge on any atom is 0.271 e. The monoisotopic (exact) mass is 490 g/mol. The quantitative estimate of drug-likeness (QED) is 0.397. The van der Waals surface area contributed by atoms with E-state index in [9.17, 15) is 4.79 Å². The normalized spacial score (nSPS) is 13.7. The fraction of sp³-hybridized carbons (Fsp3) is 0.231. The lowest BCUT2D eigenvalue weighted by molar-refractivity contribution is 0.0955. The molecule has 0 unspecified atom stereocenters. The van der Waals surface area contributed by atoms with Crippen molar-refractivity contribution in [2.75, 3.05) is 25.5 Å². The highest BCUT2D eigenvalue weighted by Gasteiger charge is 2.16. The van der Waals surface area contributed by atoms with Crippen LogP contribution >= 0.6 is 15.9 Å². The zero-order valence-corrected chi connectivity index (χ0v) is 20.0. The SMILES string of the molecule is CN(C)c1ccc(/C=N\NC(=O)c2ccc(CN3CCc4ccccc4C3)cc2)cc1Br. The molecule has 0 bridgehead atoms. The maximum absolute atomic E-state index is 12.4. The summed E-state index contributed by atoms with van der Waals surface area (Å²) in [5, 5.41) is 4.10. The number of benzene rings is 3. The third-order valence-electron chi connectivity index (χ3n) is 5.67. The van der Waals surface area contributed by atoms with Gasteiger partial charge in [-0.2, -0.15) is 5.10 Å². The Morgan fingerprint density at radius 1 is 1.09 bits per heavy atom. The molecule has 0 radical (unpaired) electrons. The average Bonchev–Trinajstić information content (AvgIpc) is 2.79. The van der Waals surface area contributed by atoms with Gasteiger partial charge in [0.05, 0.1) is 11.9 Å². The Morgan fingerprint density at radius 3 is 2.56 bits per heavy atom. The molecule has 1 aliphatic heterocycles.